The maximum atomic E-state index is 12.7. The van der Waals surface area contributed by atoms with Crippen LogP contribution in [0.2, 0.25) is 5.02 Å². The van der Waals surface area contributed by atoms with Crippen LogP contribution in [0.25, 0.3) is 0 Å². The summed E-state index contributed by atoms with van der Waals surface area (Å²) in [5.74, 6) is 0.0793. The SMILES string of the molecule is N#Cc1nccnc1OC1CCC(NC(=O)CN2CCN(c3cccc(Cl)c3)C2=O)CC1. The average Bonchev–Trinajstić information content (AvgIpc) is 3.15. The third kappa shape index (κ3) is 5.08. The van der Waals surface area contributed by atoms with E-state index in [1.165, 1.54) is 12.4 Å². The van der Waals surface area contributed by atoms with Crippen molar-refractivity contribution in [3.8, 4) is 11.9 Å². The largest absolute Gasteiger partial charge is 0.472 e. The predicted octanol–water partition coefficient (Wildman–Crippen LogP) is 2.75. The molecule has 1 aliphatic heterocycles. The van der Waals surface area contributed by atoms with Gasteiger partial charge >= 0.3 is 6.03 Å². The van der Waals surface area contributed by atoms with Crippen LogP contribution < -0.4 is 15.0 Å². The van der Waals surface area contributed by atoms with Crippen LogP contribution in [0.3, 0.4) is 0 Å². The molecule has 0 atom stereocenters. The number of ether oxygens (including phenoxy) is 1. The Morgan fingerprint density at radius 2 is 2.00 bits per heavy atom. The van der Waals surface area contributed by atoms with Gasteiger partial charge in [-0.1, -0.05) is 17.7 Å². The van der Waals surface area contributed by atoms with Gasteiger partial charge < -0.3 is 15.0 Å². The van der Waals surface area contributed by atoms with Crippen LogP contribution in [0.1, 0.15) is 31.4 Å². The molecule has 32 heavy (non-hydrogen) atoms. The lowest BCUT2D eigenvalue weighted by Crippen LogP contribution is -2.45. The van der Waals surface area contributed by atoms with Gasteiger partial charge in [0, 0.05) is 42.2 Å². The van der Waals surface area contributed by atoms with Crippen LogP contribution >= 0.6 is 11.6 Å². The third-order valence-corrected chi connectivity index (χ3v) is 5.87. The zero-order valence-electron chi connectivity index (χ0n) is 17.4. The van der Waals surface area contributed by atoms with Crippen molar-refractivity contribution in [2.45, 2.75) is 37.8 Å². The quantitative estimate of drug-likeness (QED) is 0.718. The van der Waals surface area contributed by atoms with Crippen molar-refractivity contribution in [2.24, 2.45) is 0 Å². The summed E-state index contributed by atoms with van der Waals surface area (Å²) in [6.07, 6.45) is 5.85. The molecule has 0 bridgehead atoms. The number of carbonyl (C=O) groups excluding carboxylic acids is 2. The van der Waals surface area contributed by atoms with E-state index in [-0.39, 0.29) is 42.2 Å². The summed E-state index contributed by atoms with van der Waals surface area (Å²) >= 11 is 6.03. The van der Waals surface area contributed by atoms with E-state index in [9.17, 15) is 9.59 Å². The summed E-state index contributed by atoms with van der Waals surface area (Å²) in [5, 5.41) is 12.7. The molecule has 1 saturated heterocycles. The number of nitrogens with one attached hydrogen (secondary N) is 1. The Morgan fingerprint density at radius 1 is 1.22 bits per heavy atom. The molecule has 1 N–H and O–H groups in total. The highest BCUT2D eigenvalue weighted by atomic mass is 35.5. The van der Waals surface area contributed by atoms with Crippen molar-refractivity contribution in [1.29, 1.82) is 5.26 Å². The van der Waals surface area contributed by atoms with E-state index in [2.05, 4.69) is 15.3 Å². The summed E-state index contributed by atoms with van der Waals surface area (Å²) in [7, 11) is 0. The fourth-order valence-electron chi connectivity index (χ4n) is 4.03. The molecule has 0 radical (unpaired) electrons. The van der Waals surface area contributed by atoms with Crippen molar-refractivity contribution in [3.05, 3.63) is 47.4 Å². The number of hydrogen-bond acceptors (Lipinski definition) is 6. The smallest absolute Gasteiger partial charge is 0.325 e. The highest BCUT2D eigenvalue weighted by molar-refractivity contribution is 6.30. The van der Waals surface area contributed by atoms with Gasteiger partial charge in [0.1, 0.15) is 18.7 Å². The minimum Gasteiger partial charge on any atom is -0.472 e. The van der Waals surface area contributed by atoms with E-state index in [4.69, 9.17) is 21.6 Å². The van der Waals surface area contributed by atoms with Gasteiger partial charge in [0.25, 0.3) is 5.88 Å². The topological polar surface area (TPSA) is 111 Å². The number of aromatic nitrogens is 2. The maximum Gasteiger partial charge on any atom is 0.325 e. The number of amides is 3. The molecule has 1 aliphatic carbocycles. The summed E-state index contributed by atoms with van der Waals surface area (Å²) in [6, 6.07) is 8.93. The molecule has 1 saturated carbocycles. The highest BCUT2D eigenvalue weighted by Gasteiger charge is 2.32. The van der Waals surface area contributed by atoms with Crippen LogP contribution in [0.4, 0.5) is 10.5 Å². The molecule has 2 aromatic rings. The molecule has 9 nitrogen and oxygen atoms in total. The lowest BCUT2D eigenvalue weighted by atomic mass is 9.93. The lowest BCUT2D eigenvalue weighted by molar-refractivity contribution is -0.122. The monoisotopic (exact) mass is 454 g/mol. The first-order chi connectivity index (χ1) is 15.5. The number of urea groups is 1. The van der Waals surface area contributed by atoms with Crippen molar-refractivity contribution < 1.29 is 14.3 Å². The van der Waals surface area contributed by atoms with E-state index >= 15 is 0 Å². The number of rotatable bonds is 6. The fourth-order valence-corrected chi connectivity index (χ4v) is 4.22. The normalized spacial score (nSPS) is 20.7. The van der Waals surface area contributed by atoms with Gasteiger partial charge in [-0.3, -0.25) is 9.69 Å². The van der Waals surface area contributed by atoms with E-state index in [0.29, 0.717) is 18.1 Å². The Balaban J connectivity index is 1.23. The van der Waals surface area contributed by atoms with Gasteiger partial charge in [-0.15, -0.1) is 0 Å². The van der Waals surface area contributed by atoms with Crippen LogP contribution in [0.15, 0.2) is 36.7 Å². The summed E-state index contributed by atoms with van der Waals surface area (Å²) in [6.45, 7) is 1.03. The Hall–Kier alpha value is -3.38. The number of nitriles is 1. The standard InChI is InChI=1S/C22H23ClN6O3/c23-15-2-1-3-17(12-15)29-11-10-28(22(29)31)14-20(30)27-16-4-6-18(7-5-16)32-21-19(13-24)25-8-9-26-21/h1-3,8-9,12,16,18H,4-7,10-11,14H2,(H,27,30). The molecule has 2 aliphatic rings. The van der Waals surface area contributed by atoms with Crippen molar-refractivity contribution >= 4 is 29.2 Å². The molecule has 1 aromatic carbocycles. The van der Waals surface area contributed by atoms with E-state index in [0.717, 1.165) is 31.4 Å². The molecule has 10 heteroatoms. The molecule has 0 spiro atoms. The summed E-state index contributed by atoms with van der Waals surface area (Å²) in [5.41, 5.74) is 0.899. The molecule has 2 fully saturated rings. The molecule has 0 unspecified atom stereocenters. The number of benzene rings is 1. The summed E-state index contributed by atoms with van der Waals surface area (Å²) < 4.78 is 5.84. The van der Waals surface area contributed by atoms with E-state index in [1.807, 2.05) is 12.1 Å². The molecular weight excluding hydrogens is 432 g/mol. The second kappa shape index (κ2) is 9.83. The third-order valence-electron chi connectivity index (χ3n) is 5.64. The molecule has 166 valence electrons. The first kappa shape index (κ1) is 21.8. The van der Waals surface area contributed by atoms with Crippen molar-refractivity contribution in [3.63, 3.8) is 0 Å². The summed E-state index contributed by atoms with van der Waals surface area (Å²) in [4.78, 5) is 36.4. The van der Waals surface area contributed by atoms with Gasteiger partial charge in [-0.25, -0.2) is 14.8 Å². The molecule has 3 amide bonds. The van der Waals surface area contributed by atoms with Crippen molar-refractivity contribution in [2.75, 3.05) is 24.5 Å². The minimum absolute atomic E-state index is 0.0253. The van der Waals surface area contributed by atoms with E-state index < -0.39 is 0 Å². The Bertz CT molecular complexity index is 1030. The molecule has 4 rings (SSSR count). The van der Waals surface area contributed by atoms with Crippen LogP contribution in [-0.2, 0) is 4.79 Å². The number of anilines is 1. The maximum absolute atomic E-state index is 12.7. The second-order valence-electron chi connectivity index (χ2n) is 7.82. The number of hydrogen-bond donors (Lipinski definition) is 1. The predicted molar refractivity (Wildman–Crippen MR) is 117 cm³/mol. The van der Waals surface area contributed by atoms with E-state index in [1.54, 1.807) is 28.0 Å². The van der Waals surface area contributed by atoms with Gasteiger partial charge in [-0.2, -0.15) is 5.26 Å². The zero-order chi connectivity index (χ0) is 22.5. The molecule has 2 heterocycles. The minimum atomic E-state index is -0.197. The molecular formula is C22H23ClN6O3. The Kier molecular flexibility index (Phi) is 6.71. The Morgan fingerprint density at radius 3 is 2.75 bits per heavy atom. The second-order valence-corrected chi connectivity index (χ2v) is 8.25. The number of halogens is 1. The number of carbonyl (C=O) groups is 2. The lowest BCUT2D eigenvalue weighted by Gasteiger charge is -2.29. The number of nitrogens with zero attached hydrogens (tertiary/aromatic N) is 5. The van der Waals surface area contributed by atoms with Gasteiger partial charge in [0.2, 0.25) is 11.6 Å². The fraction of sp³-hybridized carbons (Fsp3) is 0.409. The zero-order valence-corrected chi connectivity index (χ0v) is 18.2. The van der Waals surface area contributed by atoms with Crippen LogP contribution in [0, 0.1) is 11.3 Å². The van der Waals surface area contributed by atoms with Crippen LogP contribution in [0.5, 0.6) is 5.88 Å². The highest BCUT2D eigenvalue weighted by Crippen LogP contribution is 2.25. The van der Waals surface area contributed by atoms with Crippen molar-refractivity contribution in [1.82, 2.24) is 20.2 Å². The van der Waals surface area contributed by atoms with Gasteiger partial charge in [0.15, 0.2) is 0 Å². The Labute approximate surface area is 190 Å². The first-order valence-corrected chi connectivity index (χ1v) is 10.9. The van der Waals surface area contributed by atoms with Gasteiger partial charge in [-0.05, 0) is 43.9 Å². The average molecular weight is 455 g/mol. The van der Waals surface area contributed by atoms with Gasteiger partial charge in [0.05, 0.1) is 0 Å². The molecule has 1 aromatic heterocycles. The first-order valence-electron chi connectivity index (χ1n) is 10.5. The van der Waals surface area contributed by atoms with Crippen LogP contribution in [-0.4, -0.2) is 58.6 Å².